The number of halogens is 2. The highest BCUT2D eigenvalue weighted by Crippen LogP contribution is 2.22. The van der Waals surface area contributed by atoms with Gasteiger partial charge in [-0.25, -0.2) is 4.79 Å². The molecule has 2 amide bonds. The van der Waals surface area contributed by atoms with Crippen LogP contribution in [0.2, 0.25) is 10.0 Å². The molecule has 0 saturated heterocycles. The molecule has 0 fully saturated rings. The molecule has 0 aliphatic carbocycles. The van der Waals surface area contributed by atoms with Crippen LogP contribution in [0.5, 0.6) is 0 Å². The highest BCUT2D eigenvalue weighted by atomic mass is 35.5. The second-order valence-electron chi connectivity index (χ2n) is 5.22. The summed E-state index contributed by atoms with van der Waals surface area (Å²) in [4.78, 5) is 12.1. The first-order valence-electron chi connectivity index (χ1n) is 6.47. The van der Waals surface area contributed by atoms with Gasteiger partial charge in [0.1, 0.15) is 0 Å². The van der Waals surface area contributed by atoms with E-state index < -0.39 is 5.54 Å². The molecule has 5 heteroatoms. The van der Waals surface area contributed by atoms with Crippen LogP contribution in [-0.2, 0) is 5.54 Å². The van der Waals surface area contributed by atoms with Crippen molar-refractivity contribution in [3.8, 4) is 0 Å². The predicted molar refractivity (Wildman–Crippen MR) is 88.1 cm³/mol. The van der Waals surface area contributed by atoms with Crippen molar-refractivity contribution in [3.63, 3.8) is 0 Å². The number of nitrogens with one attached hydrogen (secondary N) is 2. The Hall–Kier alpha value is -1.71. The van der Waals surface area contributed by atoms with E-state index in [1.165, 1.54) is 0 Å². The van der Waals surface area contributed by atoms with Crippen molar-refractivity contribution < 1.29 is 4.79 Å². The Morgan fingerprint density at radius 1 is 1.00 bits per heavy atom. The van der Waals surface area contributed by atoms with Gasteiger partial charge in [-0.15, -0.1) is 0 Å². The summed E-state index contributed by atoms with van der Waals surface area (Å²) in [6, 6.07) is 14.1. The Kier molecular flexibility index (Phi) is 4.76. The van der Waals surface area contributed by atoms with Gasteiger partial charge in [0.15, 0.2) is 0 Å². The first-order valence-corrected chi connectivity index (χ1v) is 7.23. The summed E-state index contributed by atoms with van der Waals surface area (Å²) < 4.78 is 0. The minimum absolute atomic E-state index is 0.294. The zero-order valence-corrected chi connectivity index (χ0v) is 13.3. The maximum Gasteiger partial charge on any atom is 0.319 e. The number of carbonyl (C=O) groups is 1. The second-order valence-corrected chi connectivity index (χ2v) is 6.09. The summed E-state index contributed by atoms with van der Waals surface area (Å²) in [7, 11) is 0. The molecule has 21 heavy (non-hydrogen) atoms. The molecule has 0 unspecified atom stereocenters. The summed E-state index contributed by atoms with van der Waals surface area (Å²) in [5.74, 6) is 0. The number of urea groups is 1. The third-order valence-corrected chi connectivity index (χ3v) is 3.56. The van der Waals surface area contributed by atoms with E-state index in [1.54, 1.807) is 36.4 Å². The van der Waals surface area contributed by atoms with Crippen LogP contribution in [0.4, 0.5) is 10.5 Å². The molecule has 0 spiro atoms. The molecule has 2 aromatic rings. The highest BCUT2D eigenvalue weighted by molar-refractivity contribution is 6.31. The SMILES string of the molecule is CC(C)(NC(=O)Nc1cccc(Cl)c1)c1ccc(Cl)cc1. The first kappa shape index (κ1) is 15.7. The Morgan fingerprint density at radius 2 is 1.67 bits per heavy atom. The fraction of sp³-hybridized carbons (Fsp3) is 0.188. The van der Waals surface area contributed by atoms with Crippen molar-refractivity contribution in [1.29, 1.82) is 0 Å². The number of rotatable bonds is 3. The van der Waals surface area contributed by atoms with Crippen molar-refractivity contribution in [2.24, 2.45) is 0 Å². The van der Waals surface area contributed by atoms with Crippen LogP contribution >= 0.6 is 23.2 Å². The first-order chi connectivity index (χ1) is 9.87. The highest BCUT2D eigenvalue weighted by Gasteiger charge is 2.22. The number of hydrogen-bond acceptors (Lipinski definition) is 1. The molecule has 0 aliphatic rings. The number of amides is 2. The van der Waals surface area contributed by atoms with E-state index in [9.17, 15) is 4.79 Å². The second kappa shape index (κ2) is 6.37. The van der Waals surface area contributed by atoms with E-state index in [0.717, 1.165) is 5.56 Å². The van der Waals surface area contributed by atoms with Crippen LogP contribution in [0.1, 0.15) is 19.4 Å². The van der Waals surface area contributed by atoms with E-state index in [4.69, 9.17) is 23.2 Å². The standard InChI is InChI=1S/C16H16Cl2N2O/c1-16(2,11-6-8-12(17)9-7-11)20-15(21)19-14-5-3-4-13(18)10-14/h3-10H,1-2H3,(H2,19,20,21). The molecule has 0 aliphatic heterocycles. The largest absolute Gasteiger partial charge is 0.329 e. The maximum absolute atomic E-state index is 12.1. The number of benzene rings is 2. The van der Waals surface area contributed by atoms with Crippen molar-refractivity contribution >= 4 is 34.9 Å². The Morgan fingerprint density at radius 3 is 2.29 bits per heavy atom. The Bertz CT molecular complexity index is 639. The third kappa shape index (κ3) is 4.38. The van der Waals surface area contributed by atoms with Crippen molar-refractivity contribution in [3.05, 3.63) is 64.1 Å². The summed E-state index contributed by atoms with van der Waals surface area (Å²) in [6.45, 7) is 3.85. The lowest BCUT2D eigenvalue weighted by Gasteiger charge is -2.27. The zero-order chi connectivity index (χ0) is 15.5. The lowest BCUT2D eigenvalue weighted by molar-refractivity contribution is 0.242. The molecular weight excluding hydrogens is 307 g/mol. The Balaban J connectivity index is 2.05. The number of hydrogen-bond donors (Lipinski definition) is 2. The lowest BCUT2D eigenvalue weighted by atomic mass is 9.94. The topological polar surface area (TPSA) is 41.1 Å². The maximum atomic E-state index is 12.1. The number of carbonyl (C=O) groups excluding carboxylic acids is 1. The van der Waals surface area contributed by atoms with Gasteiger partial charge in [0, 0.05) is 15.7 Å². The summed E-state index contributed by atoms with van der Waals surface area (Å²) in [6.07, 6.45) is 0. The monoisotopic (exact) mass is 322 g/mol. The molecule has 0 radical (unpaired) electrons. The van der Waals surface area contributed by atoms with Crippen LogP contribution in [-0.4, -0.2) is 6.03 Å². The molecule has 0 aromatic heterocycles. The Labute approximate surface area is 134 Å². The molecule has 3 nitrogen and oxygen atoms in total. The quantitative estimate of drug-likeness (QED) is 0.815. The van der Waals surface area contributed by atoms with Crippen LogP contribution < -0.4 is 10.6 Å². The van der Waals surface area contributed by atoms with E-state index in [0.29, 0.717) is 15.7 Å². The van der Waals surface area contributed by atoms with Gasteiger partial charge in [0.05, 0.1) is 5.54 Å². The zero-order valence-electron chi connectivity index (χ0n) is 11.8. The molecule has 0 atom stereocenters. The van der Waals surface area contributed by atoms with Crippen LogP contribution in [0, 0.1) is 0 Å². The molecular formula is C16H16Cl2N2O. The van der Waals surface area contributed by atoms with Gasteiger partial charge in [0.25, 0.3) is 0 Å². The summed E-state index contributed by atoms with van der Waals surface area (Å²) in [5, 5.41) is 6.92. The summed E-state index contributed by atoms with van der Waals surface area (Å²) in [5.41, 5.74) is 1.09. The van der Waals surface area contributed by atoms with Crippen molar-refractivity contribution in [2.75, 3.05) is 5.32 Å². The van der Waals surface area contributed by atoms with Crippen LogP contribution in [0.3, 0.4) is 0 Å². The average Bonchev–Trinajstić information content (AvgIpc) is 2.38. The normalized spacial score (nSPS) is 11.0. The minimum Gasteiger partial charge on any atom is -0.329 e. The fourth-order valence-electron chi connectivity index (χ4n) is 1.95. The third-order valence-electron chi connectivity index (χ3n) is 3.07. The lowest BCUT2D eigenvalue weighted by Crippen LogP contribution is -2.43. The predicted octanol–water partition coefficient (Wildman–Crippen LogP) is 5.05. The molecule has 2 rings (SSSR count). The van der Waals surface area contributed by atoms with E-state index in [1.807, 2.05) is 26.0 Å². The van der Waals surface area contributed by atoms with Gasteiger partial charge in [-0.2, -0.15) is 0 Å². The molecule has 0 saturated carbocycles. The molecule has 110 valence electrons. The van der Waals surface area contributed by atoms with Crippen LogP contribution in [0.25, 0.3) is 0 Å². The average molecular weight is 323 g/mol. The molecule has 0 bridgehead atoms. The van der Waals surface area contributed by atoms with Crippen LogP contribution in [0.15, 0.2) is 48.5 Å². The molecule has 2 aromatic carbocycles. The van der Waals surface area contributed by atoms with E-state index in [2.05, 4.69) is 10.6 Å². The van der Waals surface area contributed by atoms with Gasteiger partial charge in [-0.3, -0.25) is 0 Å². The van der Waals surface area contributed by atoms with Gasteiger partial charge in [-0.05, 0) is 49.7 Å². The molecule has 2 N–H and O–H groups in total. The smallest absolute Gasteiger partial charge is 0.319 e. The van der Waals surface area contributed by atoms with Crippen molar-refractivity contribution in [1.82, 2.24) is 5.32 Å². The molecule has 0 heterocycles. The van der Waals surface area contributed by atoms with E-state index >= 15 is 0 Å². The van der Waals surface area contributed by atoms with Gasteiger partial charge in [-0.1, -0.05) is 41.4 Å². The van der Waals surface area contributed by atoms with E-state index in [-0.39, 0.29) is 6.03 Å². The van der Waals surface area contributed by atoms with Gasteiger partial charge in [0.2, 0.25) is 0 Å². The van der Waals surface area contributed by atoms with Gasteiger partial charge < -0.3 is 10.6 Å². The summed E-state index contributed by atoms with van der Waals surface area (Å²) >= 11 is 11.8. The minimum atomic E-state index is -0.521. The fourth-order valence-corrected chi connectivity index (χ4v) is 2.27. The number of anilines is 1. The van der Waals surface area contributed by atoms with Crippen molar-refractivity contribution in [2.45, 2.75) is 19.4 Å². The van der Waals surface area contributed by atoms with Gasteiger partial charge >= 0.3 is 6.03 Å².